The number of hydrogen-bond donors (Lipinski definition) is 2. The third-order valence-electron chi connectivity index (χ3n) is 1.60. The van der Waals surface area contributed by atoms with Gasteiger partial charge in [-0.15, -0.1) is 0 Å². The second kappa shape index (κ2) is 3.33. The third kappa shape index (κ3) is 1.59. The molecule has 0 radical (unpaired) electrons. The van der Waals surface area contributed by atoms with E-state index in [-0.39, 0.29) is 23.2 Å². The molecular formula is C7H7N7O. The average molecular weight is 205 g/mol. The van der Waals surface area contributed by atoms with Gasteiger partial charge in [-0.3, -0.25) is 4.79 Å². The van der Waals surface area contributed by atoms with Crippen molar-refractivity contribution in [3.63, 3.8) is 0 Å². The highest BCUT2D eigenvalue weighted by Gasteiger charge is 2.03. The molecular weight excluding hydrogens is 198 g/mol. The molecule has 0 aliphatic rings. The van der Waals surface area contributed by atoms with Gasteiger partial charge in [0.05, 0.1) is 0 Å². The van der Waals surface area contributed by atoms with Crippen LogP contribution in [0.25, 0.3) is 5.78 Å². The highest BCUT2D eigenvalue weighted by molar-refractivity contribution is 5.78. The topological polar surface area (TPSA) is 125 Å². The predicted octanol–water partition coefficient (Wildman–Crippen LogP) is -1.61. The molecule has 76 valence electrons. The van der Waals surface area contributed by atoms with Gasteiger partial charge in [-0.2, -0.15) is 4.99 Å². The minimum atomic E-state index is -0.347. The Labute approximate surface area is 83.3 Å². The zero-order valence-corrected chi connectivity index (χ0v) is 7.53. The van der Waals surface area contributed by atoms with E-state index in [4.69, 9.17) is 11.5 Å². The van der Waals surface area contributed by atoms with Crippen LogP contribution in [0.2, 0.25) is 0 Å². The van der Waals surface area contributed by atoms with E-state index >= 15 is 0 Å². The monoisotopic (exact) mass is 205 g/mol. The fourth-order valence-corrected chi connectivity index (χ4v) is 1.06. The lowest BCUT2D eigenvalue weighted by Gasteiger charge is -2.00. The maximum absolute atomic E-state index is 11.5. The fourth-order valence-electron chi connectivity index (χ4n) is 1.06. The normalized spacial score (nSPS) is 10.1. The SMILES string of the molecule is NC(N)=Nc1ncnc2nccc(=O)n12. The molecule has 0 amide bonds. The van der Waals surface area contributed by atoms with E-state index in [2.05, 4.69) is 19.9 Å². The minimum Gasteiger partial charge on any atom is -0.370 e. The molecule has 0 saturated carbocycles. The first-order valence-corrected chi connectivity index (χ1v) is 3.97. The summed E-state index contributed by atoms with van der Waals surface area (Å²) in [5.41, 5.74) is 10.0. The van der Waals surface area contributed by atoms with Crippen LogP contribution >= 0.6 is 0 Å². The van der Waals surface area contributed by atoms with Crippen LogP contribution in [0.4, 0.5) is 5.95 Å². The molecule has 2 rings (SSSR count). The number of fused-ring (bicyclic) bond motifs is 1. The molecule has 0 bridgehead atoms. The number of aromatic nitrogens is 4. The summed E-state index contributed by atoms with van der Waals surface area (Å²) in [6.45, 7) is 0. The van der Waals surface area contributed by atoms with Gasteiger partial charge in [-0.25, -0.2) is 19.4 Å². The molecule has 15 heavy (non-hydrogen) atoms. The zero-order valence-electron chi connectivity index (χ0n) is 7.53. The summed E-state index contributed by atoms with van der Waals surface area (Å²) < 4.78 is 1.11. The summed E-state index contributed by atoms with van der Waals surface area (Å²) in [4.78, 5) is 26.6. The van der Waals surface area contributed by atoms with Crippen LogP contribution in [0.3, 0.4) is 0 Å². The third-order valence-corrected chi connectivity index (χ3v) is 1.60. The van der Waals surface area contributed by atoms with Crippen LogP contribution in [0.5, 0.6) is 0 Å². The molecule has 8 nitrogen and oxygen atoms in total. The number of nitrogens with zero attached hydrogens (tertiary/aromatic N) is 5. The first kappa shape index (κ1) is 9.06. The van der Waals surface area contributed by atoms with Crippen LogP contribution in [-0.4, -0.2) is 25.3 Å². The molecule has 0 atom stereocenters. The molecule has 0 aliphatic carbocycles. The Morgan fingerprint density at radius 1 is 1.33 bits per heavy atom. The van der Waals surface area contributed by atoms with E-state index in [1.807, 2.05) is 0 Å². The summed E-state index contributed by atoms with van der Waals surface area (Å²) >= 11 is 0. The molecule has 0 aliphatic heterocycles. The van der Waals surface area contributed by atoms with E-state index in [9.17, 15) is 4.79 Å². The van der Waals surface area contributed by atoms with Crippen molar-refractivity contribution in [3.8, 4) is 0 Å². The van der Waals surface area contributed by atoms with Crippen molar-refractivity contribution < 1.29 is 0 Å². The van der Waals surface area contributed by atoms with Crippen molar-refractivity contribution in [2.45, 2.75) is 0 Å². The fraction of sp³-hybridized carbons (Fsp3) is 0. The molecule has 0 aromatic carbocycles. The number of rotatable bonds is 1. The number of nitrogens with two attached hydrogens (primary N) is 2. The van der Waals surface area contributed by atoms with Gasteiger partial charge in [0.25, 0.3) is 5.56 Å². The number of guanidine groups is 1. The van der Waals surface area contributed by atoms with Gasteiger partial charge >= 0.3 is 0 Å². The lowest BCUT2D eigenvalue weighted by Crippen LogP contribution is -2.23. The quantitative estimate of drug-likeness (QED) is 0.426. The molecule has 0 unspecified atom stereocenters. The predicted molar refractivity (Wildman–Crippen MR) is 52.5 cm³/mol. The summed E-state index contributed by atoms with van der Waals surface area (Å²) in [5.74, 6) is 0.0568. The molecule has 0 fully saturated rings. The van der Waals surface area contributed by atoms with Crippen LogP contribution in [-0.2, 0) is 0 Å². The van der Waals surface area contributed by atoms with Crippen LogP contribution < -0.4 is 17.0 Å². The molecule has 4 N–H and O–H groups in total. The van der Waals surface area contributed by atoms with Gasteiger partial charge < -0.3 is 11.5 Å². The van der Waals surface area contributed by atoms with Crippen molar-refractivity contribution in [1.29, 1.82) is 0 Å². The Morgan fingerprint density at radius 2 is 2.13 bits per heavy atom. The zero-order chi connectivity index (χ0) is 10.8. The van der Waals surface area contributed by atoms with Crippen molar-refractivity contribution in [3.05, 3.63) is 28.9 Å². The Kier molecular flexibility index (Phi) is 2.01. The van der Waals surface area contributed by atoms with Crippen molar-refractivity contribution in [1.82, 2.24) is 19.4 Å². The molecule has 0 saturated heterocycles. The van der Waals surface area contributed by atoms with Crippen molar-refractivity contribution in [2.24, 2.45) is 16.5 Å². The minimum absolute atomic E-state index is 0.0538. The van der Waals surface area contributed by atoms with Gasteiger partial charge in [0.15, 0.2) is 5.96 Å². The number of aliphatic imine (C=N–C) groups is 1. The van der Waals surface area contributed by atoms with E-state index in [1.165, 1.54) is 18.6 Å². The maximum atomic E-state index is 11.5. The second-order valence-corrected chi connectivity index (χ2v) is 2.63. The summed E-state index contributed by atoms with van der Waals surface area (Å²) in [5, 5.41) is 0. The standard InChI is InChI=1S/C7H7N7O/c8-5(9)13-7-12-3-11-6-10-2-1-4(15)14(6)7/h1-3H,(H4,8,9,10,11,12,13). The smallest absolute Gasteiger partial charge is 0.261 e. The average Bonchev–Trinajstić information content (AvgIpc) is 2.17. The van der Waals surface area contributed by atoms with E-state index in [0.29, 0.717) is 0 Å². The van der Waals surface area contributed by atoms with Crippen LogP contribution in [0.1, 0.15) is 0 Å². The lowest BCUT2D eigenvalue weighted by atomic mass is 10.6. The Balaban J connectivity index is 2.86. The second-order valence-electron chi connectivity index (χ2n) is 2.63. The Hall–Kier alpha value is -2.51. The van der Waals surface area contributed by atoms with Crippen molar-refractivity contribution in [2.75, 3.05) is 0 Å². The first-order valence-electron chi connectivity index (χ1n) is 3.97. The Morgan fingerprint density at radius 3 is 2.87 bits per heavy atom. The van der Waals surface area contributed by atoms with E-state index < -0.39 is 0 Å². The summed E-state index contributed by atoms with van der Waals surface area (Å²) in [6.07, 6.45) is 2.58. The van der Waals surface area contributed by atoms with E-state index in [1.54, 1.807) is 0 Å². The van der Waals surface area contributed by atoms with Crippen LogP contribution in [0.15, 0.2) is 28.4 Å². The molecule has 2 heterocycles. The van der Waals surface area contributed by atoms with Gasteiger partial charge in [0, 0.05) is 12.3 Å². The molecule has 0 spiro atoms. The van der Waals surface area contributed by atoms with Crippen molar-refractivity contribution >= 4 is 17.7 Å². The van der Waals surface area contributed by atoms with Gasteiger partial charge in [-0.05, 0) is 0 Å². The van der Waals surface area contributed by atoms with Gasteiger partial charge in [0.2, 0.25) is 11.7 Å². The Bertz CT molecular complexity index is 578. The number of hydrogen-bond acceptors (Lipinski definition) is 5. The summed E-state index contributed by atoms with van der Waals surface area (Å²) in [7, 11) is 0. The molecule has 8 heteroatoms. The van der Waals surface area contributed by atoms with Crippen LogP contribution in [0, 0.1) is 0 Å². The van der Waals surface area contributed by atoms with E-state index in [0.717, 1.165) is 4.40 Å². The molecule has 2 aromatic rings. The first-order chi connectivity index (χ1) is 7.18. The highest BCUT2D eigenvalue weighted by atomic mass is 16.1. The largest absolute Gasteiger partial charge is 0.370 e. The lowest BCUT2D eigenvalue weighted by molar-refractivity contribution is 0.931. The maximum Gasteiger partial charge on any atom is 0.261 e. The summed E-state index contributed by atoms with van der Waals surface area (Å²) in [6, 6.07) is 1.27. The van der Waals surface area contributed by atoms with Gasteiger partial charge in [0.1, 0.15) is 6.33 Å². The van der Waals surface area contributed by atoms with Gasteiger partial charge in [-0.1, -0.05) is 0 Å². The molecule has 2 aromatic heterocycles. The highest BCUT2D eigenvalue weighted by Crippen LogP contribution is 2.03.